The van der Waals surface area contributed by atoms with Gasteiger partial charge in [-0.1, -0.05) is 24.1 Å². The van der Waals surface area contributed by atoms with E-state index in [4.69, 9.17) is 10.5 Å². The van der Waals surface area contributed by atoms with Crippen LogP contribution < -0.4 is 0 Å². The molecule has 0 fully saturated rings. The molecule has 17 heavy (non-hydrogen) atoms. The maximum atomic E-state index is 8.89. The lowest BCUT2D eigenvalue weighted by atomic mass is 10.2. The summed E-state index contributed by atoms with van der Waals surface area (Å²) in [6.45, 7) is 0. The Morgan fingerprint density at radius 1 is 1.29 bits per heavy atom. The van der Waals surface area contributed by atoms with E-state index in [1.54, 1.807) is 7.05 Å². The first kappa shape index (κ1) is 10.7. The maximum absolute atomic E-state index is 8.89. The molecule has 0 atom stereocenters. The minimum absolute atomic E-state index is 0.123. The largest absolute Gasteiger partial charge is 0.311 e. The normalized spacial score (nSPS) is 12.3. The Labute approximate surface area is 99.1 Å². The average Bonchev–Trinajstić information content (AvgIpc) is 2.94. The van der Waals surface area contributed by atoms with Crippen molar-refractivity contribution in [1.29, 1.82) is 10.5 Å². The second-order valence-corrected chi connectivity index (χ2v) is 3.49. The fraction of sp³-hybridized carbons (Fsp3) is 0.154. The summed E-state index contributed by atoms with van der Waals surface area (Å²) in [7, 11) is 1.68. The van der Waals surface area contributed by atoms with Crippen molar-refractivity contribution < 1.29 is 0 Å². The van der Waals surface area contributed by atoms with Crippen molar-refractivity contribution in [2.24, 2.45) is 7.05 Å². The molecule has 4 heteroatoms. The summed E-state index contributed by atoms with van der Waals surface area (Å²) in [5, 5.41) is 17.7. The number of rotatable bonds is 0. The minimum Gasteiger partial charge on any atom is -0.311 e. The van der Waals surface area contributed by atoms with E-state index < -0.39 is 0 Å². The average molecular weight is 220 g/mol. The van der Waals surface area contributed by atoms with Crippen LogP contribution in [0.5, 0.6) is 0 Å². The van der Waals surface area contributed by atoms with Gasteiger partial charge in [-0.05, 0) is 12.3 Å². The molecule has 0 aliphatic heterocycles. The second kappa shape index (κ2) is 4.39. The molecular weight excluding hydrogens is 212 g/mol. The number of nitriles is 2. The Bertz CT molecular complexity index is 663. The molecule has 80 valence electrons. The Kier molecular flexibility index (Phi) is 2.77. The fourth-order valence-electron chi connectivity index (χ4n) is 1.49. The highest BCUT2D eigenvalue weighted by Gasteiger charge is 2.12. The van der Waals surface area contributed by atoms with Crippen LogP contribution in [-0.4, -0.2) is 9.55 Å². The van der Waals surface area contributed by atoms with Crippen LogP contribution in [0.1, 0.15) is 23.6 Å². The first-order valence-electron chi connectivity index (χ1n) is 5.01. The van der Waals surface area contributed by atoms with Gasteiger partial charge in [0.05, 0.1) is 0 Å². The van der Waals surface area contributed by atoms with Crippen molar-refractivity contribution in [3.63, 3.8) is 0 Å². The molecule has 2 rings (SSSR count). The molecule has 0 amide bonds. The van der Waals surface area contributed by atoms with E-state index in [-0.39, 0.29) is 11.4 Å². The maximum Gasteiger partial charge on any atom is 0.187 e. The topological polar surface area (TPSA) is 65.4 Å². The molecule has 0 aromatic carbocycles. The monoisotopic (exact) mass is 220 g/mol. The zero-order chi connectivity index (χ0) is 12.3. The highest BCUT2D eigenvalue weighted by Crippen LogP contribution is 2.10. The van der Waals surface area contributed by atoms with Crippen LogP contribution in [0.4, 0.5) is 0 Å². The molecule has 0 unspecified atom stereocenters. The second-order valence-electron chi connectivity index (χ2n) is 3.49. The quantitative estimate of drug-likeness (QED) is 0.621. The van der Waals surface area contributed by atoms with Crippen LogP contribution in [0, 0.1) is 34.5 Å². The van der Waals surface area contributed by atoms with Gasteiger partial charge in [-0.3, -0.25) is 0 Å². The predicted molar refractivity (Wildman–Crippen MR) is 61.4 cm³/mol. The number of aromatic nitrogens is 2. The Morgan fingerprint density at radius 3 is 2.65 bits per heavy atom. The van der Waals surface area contributed by atoms with E-state index in [9.17, 15) is 0 Å². The summed E-state index contributed by atoms with van der Waals surface area (Å²) in [4.78, 5) is 4.02. The molecule has 1 aliphatic rings. The van der Waals surface area contributed by atoms with E-state index in [0.717, 1.165) is 12.0 Å². The van der Waals surface area contributed by atoms with Gasteiger partial charge in [0, 0.05) is 12.6 Å². The zero-order valence-corrected chi connectivity index (χ0v) is 9.23. The number of hydrogen-bond donors (Lipinski definition) is 0. The van der Waals surface area contributed by atoms with Crippen molar-refractivity contribution >= 4 is 0 Å². The lowest BCUT2D eigenvalue weighted by Crippen LogP contribution is -1.95. The zero-order valence-electron chi connectivity index (χ0n) is 9.23. The van der Waals surface area contributed by atoms with Gasteiger partial charge in [0.25, 0.3) is 0 Å². The van der Waals surface area contributed by atoms with Crippen LogP contribution in [0.25, 0.3) is 0 Å². The summed E-state index contributed by atoms with van der Waals surface area (Å²) in [5.41, 5.74) is 1.37. The van der Waals surface area contributed by atoms with E-state index in [1.165, 1.54) is 4.57 Å². The molecule has 1 aliphatic carbocycles. The molecule has 0 bridgehead atoms. The van der Waals surface area contributed by atoms with E-state index in [2.05, 4.69) is 16.8 Å². The third kappa shape index (κ3) is 1.95. The standard InChI is InChI=1S/C13H8N4/c1-17-12(9-15)11(8-14)16-13(17)7-6-10-4-2-3-5-10/h2-4H,5H2,1H3. The van der Waals surface area contributed by atoms with Gasteiger partial charge < -0.3 is 4.57 Å². The van der Waals surface area contributed by atoms with Gasteiger partial charge in [0.2, 0.25) is 0 Å². The van der Waals surface area contributed by atoms with Crippen LogP contribution in [0.15, 0.2) is 23.8 Å². The fourth-order valence-corrected chi connectivity index (χ4v) is 1.49. The third-order valence-corrected chi connectivity index (χ3v) is 2.41. The molecule has 0 radical (unpaired) electrons. The molecular formula is C13H8N4. The Hall–Kier alpha value is -2.77. The molecule has 0 N–H and O–H groups in total. The molecule has 0 spiro atoms. The highest BCUT2D eigenvalue weighted by molar-refractivity contribution is 5.45. The van der Waals surface area contributed by atoms with Gasteiger partial charge in [0.15, 0.2) is 17.2 Å². The lowest BCUT2D eigenvalue weighted by Gasteiger charge is -1.92. The number of hydrogen-bond acceptors (Lipinski definition) is 3. The smallest absolute Gasteiger partial charge is 0.187 e. The van der Waals surface area contributed by atoms with Crippen LogP contribution in [0.2, 0.25) is 0 Å². The molecule has 0 saturated heterocycles. The van der Waals surface area contributed by atoms with Crippen LogP contribution in [0.3, 0.4) is 0 Å². The summed E-state index contributed by atoms with van der Waals surface area (Å²) in [6, 6.07) is 3.83. The Morgan fingerprint density at radius 2 is 2.12 bits per heavy atom. The van der Waals surface area contributed by atoms with Gasteiger partial charge in [-0.15, -0.1) is 0 Å². The third-order valence-electron chi connectivity index (χ3n) is 2.41. The van der Waals surface area contributed by atoms with E-state index >= 15 is 0 Å². The number of nitrogens with zero attached hydrogens (tertiary/aromatic N) is 4. The van der Waals surface area contributed by atoms with Crippen molar-refractivity contribution in [3.8, 4) is 24.0 Å². The van der Waals surface area contributed by atoms with Crippen molar-refractivity contribution in [1.82, 2.24) is 9.55 Å². The lowest BCUT2D eigenvalue weighted by molar-refractivity contribution is 0.878. The first-order chi connectivity index (χ1) is 8.26. The molecule has 4 nitrogen and oxygen atoms in total. The predicted octanol–water partition coefficient (Wildman–Crippen LogP) is 1.40. The van der Waals surface area contributed by atoms with Gasteiger partial charge in [0.1, 0.15) is 12.1 Å². The van der Waals surface area contributed by atoms with Gasteiger partial charge in [-0.2, -0.15) is 10.5 Å². The van der Waals surface area contributed by atoms with Gasteiger partial charge in [-0.25, -0.2) is 4.98 Å². The Balaban J connectivity index is 2.38. The molecule has 1 aromatic heterocycles. The van der Waals surface area contributed by atoms with Crippen molar-refractivity contribution in [2.45, 2.75) is 6.42 Å². The van der Waals surface area contributed by atoms with E-state index in [1.807, 2.05) is 30.4 Å². The van der Waals surface area contributed by atoms with Crippen molar-refractivity contribution in [3.05, 3.63) is 41.0 Å². The number of allylic oxidation sites excluding steroid dienone is 4. The van der Waals surface area contributed by atoms with Crippen molar-refractivity contribution in [2.75, 3.05) is 0 Å². The SMILES string of the molecule is Cn1c(C#CC2=CC=CC2)nc(C#N)c1C#N. The molecule has 1 heterocycles. The van der Waals surface area contributed by atoms with E-state index in [0.29, 0.717) is 5.82 Å². The summed E-state index contributed by atoms with van der Waals surface area (Å²) in [6.07, 6.45) is 6.73. The van der Waals surface area contributed by atoms with Gasteiger partial charge >= 0.3 is 0 Å². The molecule has 1 aromatic rings. The first-order valence-corrected chi connectivity index (χ1v) is 5.01. The summed E-state index contributed by atoms with van der Waals surface area (Å²) >= 11 is 0. The highest BCUT2D eigenvalue weighted by atomic mass is 15.1. The summed E-state index contributed by atoms with van der Waals surface area (Å²) in [5.74, 6) is 6.29. The minimum atomic E-state index is 0.123. The van der Waals surface area contributed by atoms with Crippen LogP contribution in [-0.2, 0) is 7.05 Å². The summed E-state index contributed by atoms with van der Waals surface area (Å²) < 4.78 is 1.54. The van der Waals surface area contributed by atoms with Crippen LogP contribution >= 0.6 is 0 Å². The molecule has 0 saturated carbocycles. The number of imidazole rings is 1.